The number of aromatic nitrogens is 1. The lowest BCUT2D eigenvalue weighted by Gasteiger charge is -2.21. The van der Waals surface area contributed by atoms with Crippen LogP contribution in [0.2, 0.25) is 0 Å². The molecule has 1 rings (SSSR count). The number of nitrogens with zero attached hydrogens (tertiary/aromatic N) is 2. The number of aliphatic carboxylic acids is 2. The summed E-state index contributed by atoms with van der Waals surface area (Å²) in [6.07, 6.45) is 4.06. The monoisotopic (exact) mass is 266 g/mol. The molecule has 0 atom stereocenters. The van der Waals surface area contributed by atoms with E-state index in [0.29, 0.717) is 26.1 Å². The largest absolute Gasteiger partial charge is 0.481 e. The van der Waals surface area contributed by atoms with E-state index in [9.17, 15) is 9.59 Å². The number of hydrogen-bond donors (Lipinski definition) is 2. The molecule has 0 saturated heterocycles. The zero-order chi connectivity index (χ0) is 14.1. The van der Waals surface area contributed by atoms with E-state index in [0.717, 1.165) is 5.56 Å². The van der Waals surface area contributed by atoms with Gasteiger partial charge in [-0.05, 0) is 24.6 Å². The maximum absolute atomic E-state index is 10.6. The lowest BCUT2D eigenvalue weighted by atomic mass is 10.2. The Hall–Kier alpha value is -1.95. The first kappa shape index (κ1) is 15.1. The fraction of sp³-hybridized carbons (Fsp3) is 0.462. The fourth-order valence-electron chi connectivity index (χ4n) is 1.73. The minimum atomic E-state index is -0.852. The predicted molar refractivity (Wildman–Crippen MR) is 68.6 cm³/mol. The van der Waals surface area contributed by atoms with E-state index in [-0.39, 0.29) is 12.8 Å². The highest BCUT2D eigenvalue weighted by Crippen LogP contribution is 2.05. The second-order valence-corrected chi connectivity index (χ2v) is 4.28. The molecule has 0 fully saturated rings. The van der Waals surface area contributed by atoms with Gasteiger partial charge in [-0.1, -0.05) is 6.07 Å². The molecule has 0 spiro atoms. The van der Waals surface area contributed by atoms with Gasteiger partial charge in [0.25, 0.3) is 0 Å². The first-order valence-electron chi connectivity index (χ1n) is 6.13. The maximum Gasteiger partial charge on any atom is 0.304 e. The average molecular weight is 266 g/mol. The summed E-state index contributed by atoms with van der Waals surface area (Å²) in [5.41, 5.74) is 0.989. The molecule has 0 radical (unpaired) electrons. The van der Waals surface area contributed by atoms with Gasteiger partial charge in [0.2, 0.25) is 0 Å². The van der Waals surface area contributed by atoms with Crippen molar-refractivity contribution in [1.29, 1.82) is 0 Å². The highest BCUT2D eigenvalue weighted by Gasteiger charge is 2.09. The molecule has 0 aromatic carbocycles. The van der Waals surface area contributed by atoms with Gasteiger partial charge >= 0.3 is 11.9 Å². The van der Waals surface area contributed by atoms with Crippen LogP contribution in [-0.2, 0) is 16.1 Å². The van der Waals surface area contributed by atoms with Crippen LogP contribution in [0.3, 0.4) is 0 Å². The molecule has 0 bridgehead atoms. The quantitative estimate of drug-likeness (QED) is 0.698. The third-order valence-electron chi connectivity index (χ3n) is 2.64. The number of carbonyl (C=O) groups is 2. The van der Waals surface area contributed by atoms with E-state index >= 15 is 0 Å². The van der Waals surface area contributed by atoms with Crippen molar-refractivity contribution in [3.8, 4) is 0 Å². The lowest BCUT2D eigenvalue weighted by molar-refractivity contribution is -0.138. The van der Waals surface area contributed by atoms with Gasteiger partial charge in [0.15, 0.2) is 0 Å². The van der Waals surface area contributed by atoms with Crippen molar-refractivity contribution in [2.45, 2.75) is 25.8 Å². The van der Waals surface area contributed by atoms with Crippen LogP contribution < -0.4 is 0 Å². The fourth-order valence-corrected chi connectivity index (χ4v) is 1.73. The summed E-state index contributed by atoms with van der Waals surface area (Å²) < 4.78 is 0. The van der Waals surface area contributed by atoms with Crippen molar-refractivity contribution in [2.75, 3.05) is 13.1 Å². The average Bonchev–Trinajstić information content (AvgIpc) is 2.36. The molecular weight excluding hydrogens is 248 g/mol. The Labute approximate surface area is 111 Å². The first-order valence-corrected chi connectivity index (χ1v) is 6.13. The van der Waals surface area contributed by atoms with E-state index in [1.807, 2.05) is 17.0 Å². The molecule has 2 N–H and O–H groups in total. The second kappa shape index (κ2) is 8.20. The number of rotatable bonds is 9. The summed E-state index contributed by atoms with van der Waals surface area (Å²) in [4.78, 5) is 27.0. The van der Waals surface area contributed by atoms with E-state index < -0.39 is 11.9 Å². The Morgan fingerprint density at radius 3 is 2.47 bits per heavy atom. The van der Waals surface area contributed by atoms with Crippen molar-refractivity contribution in [3.63, 3.8) is 0 Å². The van der Waals surface area contributed by atoms with Crippen molar-refractivity contribution in [1.82, 2.24) is 9.88 Å². The van der Waals surface area contributed by atoms with Gasteiger partial charge in [-0.25, -0.2) is 0 Å². The zero-order valence-corrected chi connectivity index (χ0v) is 10.7. The molecule has 0 amide bonds. The Morgan fingerprint density at radius 2 is 1.89 bits per heavy atom. The number of pyridine rings is 1. The zero-order valence-electron chi connectivity index (χ0n) is 10.7. The molecule has 104 valence electrons. The molecule has 1 heterocycles. The van der Waals surface area contributed by atoms with E-state index in [1.165, 1.54) is 0 Å². The van der Waals surface area contributed by atoms with Crippen LogP contribution in [0.1, 0.15) is 24.8 Å². The SMILES string of the molecule is O=C(O)CCCN(CCC(=O)O)Cc1cccnc1. The molecule has 19 heavy (non-hydrogen) atoms. The predicted octanol–water partition coefficient (Wildman–Crippen LogP) is 1.22. The summed E-state index contributed by atoms with van der Waals surface area (Å²) in [5.74, 6) is -1.69. The number of carboxylic acids is 2. The van der Waals surface area contributed by atoms with Gasteiger partial charge < -0.3 is 10.2 Å². The van der Waals surface area contributed by atoms with Crippen molar-refractivity contribution in [2.24, 2.45) is 0 Å². The summed E-state index contributed by atoms with van der Waals surface area (Å²) in [7, 11) is 0. The second-order valence-electron chi connectivity index (χ2n) is 4.28. The van der Waals surface area contributed by atoms with Crippen LogP contribution >= 0.6 is 0 Å². The molecular formula is C13H18N2O4. The standard InChI is InChI=1S/C13H18N2O4/c16-12(17)4-2-7-15(8-5-13(18)19)10-11-3-1-6-14-9-11/h1,3,6,9H,2,4-5,7-8,10H2,(H,16,17)(H,18,19). The minimum Gasteiger partial charge on any atom is -0.481 e. The van der Waals surface area contributed by atoms with E-state index in [2.05, 4.69) is 4.98 Å². The van der Waals surface area contributed by atoms with Crippen molar-refractivity contribution < 1.29 is 19.8 Å². The molecule has 1 aromatic rings. The topological polar surface area (TPSA) is 90.7 Å². The molecule has 0 aliphatic heterocycles. The molecule has 6 nitrogen and oxygen atoms in total. The molecule has 0 unspecified atom stereocenters. The van der Waals surface area contributed by atoms with Crippen LogP contribution in [0, 0.1) is 0 Å². The molecule has 0 aliphatic rings. The van der Waals surface area contributed by atoms with Crippen LogP contribution in [0.5, 0.6) is 0 Å². The Balaban J connectivity index is 2.48. The smallest absolute Gasteiger partial charge is 0.304 e. The summed E-state index contributed by atoms with van der Waals surface area (Å²) in [6, 6.07) is 3.74. The first-order chi connectivity index (χ1) is 9.08. The van der Waals surface area contributed by atoms with Crippen LogP contribution in [0.25, 0.3) is 0 Å². The third kappa shape index (κ3) is 7.15. The molecule has 0 saturated carbocycles. The number of hydrogen-bond acceptors (Lipinski definition) is 4. The Bertz CT molecular complexity index is 408. The van der Waals surface area contributed by atoms with Crippen molar-refractivity contribution >= 4 is 11.9 Å². The lowest BCUT2D eigenvalue weighted by Crippen LogP contribution is -2.27. The van der Waals surface area contributed by atoms with E-state index in [4.69, 9.17) is 10.2 Å². The molecule has 1 aromatic heterocycles. The Kier molecular flexibility index (Phi) is 6.52. The van der Waals surface area contributed by atoms with Crippen LogP contribution in [-0.4, -0.2) is 45.1 Å². The number of carboxylic acid groups (broad SMARTS) is 2. The maximum atomic E-state index is 10.6. The third-order valence-corrected chi connectivity index (χ3v) is 2.64. The minimum absolute atomic E-state index is 0.0489. The van der Waals surface area contributed by atoms with Gasteiger partial charge in [-0.2, -0.15) is 0 Å². The van der Waals surface area contributed by atoms with Crippen LogP contribution in [0.4, 0.5) is 0 Å². The highest BCUT2D eigenvalue weighted by molar-refractivity contribution is 5.67. The summed E-state index contributed by atoms with van der Waals surface area (Å²) >= 11 is 0. The van der Waals surface area contributed by atoms with E-state index in [1.54, 1.807) is 12.4 Å². The normalized spacial score (nSPS) is 10.6. The van der Waals surface area contributed by atoms with Gasteiger partial charge in [0, 0.05) is 31.9 Å². The van der Waals surface area contributed by atoms with Gasteiger partial charge in [0.1, 0.15) is 0 Å². The van der Waals surface area contributed by atoms with Crippen LogP contribution in [0.15, 0.2) is 24.5 Å². The summed E-state index contributed by atoms with van der Waals surface area (Å²) in [5, 5.41) is 17.3. The van der Waals surface area contributed by atoms with Crippen molar-refractivity contribution in [3.05, 3.63) is 30.1 Å². The molecule has 6 heteroatoms. The summed E-state index contributed by atoms with van der Waals surface area (Å²) in [6.45, 7) is 1.55. The highest BCUT2D eigenvalue weighted by atomic mass is 16.4. The molecule has 0 aliphatic carbocycles. The van der Waals surface area contributed by atoms with Gasteiger partial charge in [-0.3, -0.25) is 19.5 Å². The van der Waals surface area contributed by atoms with Gasteiger partial charge in [0.05, 0.1) is 6.42 Å². The van der Waals surface area contributed by atoms with Gasteiger partial charge in [-0.15, -0.1) is 0 Å². The Morgan fingerprint density at radius 1 is 1.16 bits per heavy atom.